The Kier molecular flexibility index (Phi) is 7.74. The number of hydrogen-bond acceptors (Lipinski definition) is 3. The van der Waals surface area contributed by atoms with E-state index in [2.05, 4.69) is 55.7 Å². The molecule has 2 rings (SSSR count). The molecule has 124 valence electrons. The van der Waals surface area contributed by atoms with E-state index in [0.717, 1.165) is 18.1 Å². The van der Waals surface area contributed by atoms with Crippen LogP contribution in [0.1, 0.15) is 31.4 Å². The van der Waals surface area contributed by atoms with Crippen LogP contribution in [0.3, 0.4) is 0 Å². The van der Waals surface area contributed by atoms with Crippen LogP contribution in [0.4, 0.5) is 0 Å². The maximum atomic E-state index is 12.1. The van der Waals surface area contributed by atoms with E-state index in [1.807, 2.05) is 11.8 Å². The fourth-order valence-corrected chi connectivity index (χ4v) is 3.48. The van der Waals surface area contributed by atoms with Crippen LogP contribution < -0.4 is 10.6 Å². The molecule has 1 fully saturated rings. The summed E-state index contributed by atoms with van der Waals surface area (Å²) in [7, 11) is 0. The van der Waals surface area contributed by atoms with Crippen molar-refractivity contribution in [1.82, 2.24) is 10.6 Å². The van der Waals surface area contributed by atoms with Gasteiger partial charge in [-0.2, -0.15) is 11.8 Å². The molecule has 0 spiro atoms. The average molecular weight is 343 g/mol. The molecule has 1 atom stereocenters. The van der Waals surface area contributed by atoms with Crippen molar-refractivity contribution in [2.24, 2.45) is 0 Å². The Morgan fingerprint density at radius 2 is 2.23 bits per heavy atom. The molecule has 0 aromatic heterocycles. The third-order valence-corrected chi connectivity index (χ3v) is 5.09. The van der Waals surface area contributed by atoms with Crippen LogP contribution in [0.15, 0.2) is 24.3 Å². The van der Waals surface area contributed by atoms with Gasteiger partial charge >= 0.3 is 0 Å². The number of hydrogen-bond donors (Lipinski definition) is 2. The van der Waals surface area contributed by atoms with Gasteiger partial charge in [-0.1, -0.05) is 43.7 Å². The predicted octanol–water partition coefficient (Wildman–Crippen LogP) is 2.91. The van der Waals surface area contributed by atoms with Gasteiger partial charge in [-0.05, 0) is 12.5 Å². The van der Waals surface area contributed by atoms with Crippen molar-refractivity contribution < 1.29 is 4.79 Å². The number of benzene rings is 1. The molecule has 0 aliphatic carbocycles. The highest BCUT2D eigenvalue weighted by molar-refractivity contribution is 7.99. The van der Waals surface area contributed by atoms with Gasteiger partial charge in [-0.3, -0.25) is 4.79 Å². The van der Waals surface area contributed by atoms with Crippen LogP contribution in [0.2, 0.25) is 0 Å². The minimum atomic E-state index is -0.0452. The van der Waals surface area contributed by atoms with Crippen molar-refractivity contribution >= 4 is 30.1 Å². The summed E-state index contributed by atoms with van der Waals surface area (Å²) in [5, 5.41) is 6.50. The number of aryl methyl sites for hydroxylation is 1. The largest absolute Gasteiger partial charge is 0.355 e. The third kappa shape index (κ3) is 5.82. The Balaban J connectivity index is 0.00000242. The molecule has 5 heteroatoms. The lowest BCUT2D eigenvalue weighted by Gasteiger charge is -2.27. The monoisotopic (exact) mass is 342 g/mol. The number of nitrogens with one attached hydrogen (secondary N) is 2. The van der Waals surface area contributed by atoms with Gasteiger partial charge in [0.05, 0.1) is 0 Å². The highest BCUT2D eigenvalue weighted by Crippen LogP contribution is 2.23. The SMILES string of the molecule is Cc1cccc(C(C)(C)CNC(=O)CC2CSCCN2)c1.Cl. The number of halogens is 1. The van der Waals surface area contributed by atoms with Crippen LogP contribution in [-0.2, 0) is 10.2 Å². The van der Waals surface area contributed by atoms with Gasteiger partial charge < -0.3 is 10.6 Å². The normalized spacial score (nSPS) is 18.4. The Bertz CT molecular complexity index is 487. The van der Waals surface area contributed by atoms with Crippen LogP contribution in [-0.4, -0.2) is 36.5 Å². The summed E-state index contributed by atoms with van der Waals surface area (Å²) in [4.78, 5) is 12.1. The Morgan fingerprint density at radius 3 is 2.86 bits per heavy atom. The summed E-state index contributed by atoms with van der Waals surface area (Å²) in [5.74, 6) is 2.34. The van der Waals surface area contributed by atoms with Crippen molar-refractivity contribution in [2.45, 2.75) is 38.6 Å². The van der Waals surface area contributed by atoms with Gasteiger partial charge in [0.25, 0.3) is 0 Å². The lowest BCUT2D eigenvalue weighted by atomic mass is 9.84. The van der Waals surface area contributed by atoms with Crippen LogP contribution in [0.5, 0.6) is 0 Å². The van der Waals surface area contributed by atoms with Gasteiger partial charge in [0.15, 0.2) is 0 Å². The number of amides is 1. The summed E-state index contributed by atoms with van der Waals surface area (Å²) in [6, 6.07) is 8.84. The summed E-state index contributed by atoms with van der Waals surface area (Å²) in [6.07, 6.45) is 0.580. The van der Waals surface area contributed by atoms with Crippen molar-refractivity contribution in [3.05, 3.63) is 35.4 Å². The van der Waals surface area contributed by atoms with E-state index in [-0.39, 0.29) is 23.7 Å². The van der Waals surface area contributed by atoms with E-state index in [1.54, 1.807) is 0 Å². The summed E-state index contributed by atoms with van der Waals surface area (Å²) in [5.41, 5.74) is 2.49. The molecule has 1 aromatic rings. The van der Waals surface area contributed by atoms with Gasteiger partial charge in [0.2, 0.25) is 5.91 Å². The Labute approximate surface area is 144 Å². The maximum Gasteiger partial charge on any atom is 0.221 e. The highest BCUT2D eigenvalue weighted by Gasteiger charge is 2.23. The van der Waals surface area contributed by atoms with Crippen molar-refractivity contribution in [1.29, 1.82) is 0 Å². The second-order valence-electron chi connectivity index (χ2n) is 6.46. The van der Waals surface area contributed by atoms with Crippen molar-refractivity contribution in [3.8, 4) is 0 Å². The molecule has 0 bridgehead atoms. The van der Waals surface area contributed by atoms with Crippen molar-refractivity contribution in [3.63, 3.8) is 0 Å². The van der Waals surface area contributed by atoms with E-state index in [9.17, 15) is 4.79 Å². The molecule has 1 heterocycles. The van der Waals surface area contributed by atoms with Gasteiger partial charge in [0, 0.05) is 42.5 Å². The second kappa shape index (κ2) is 8.80. The first-order chi connectivity index (χ1) is 9.97. The van der Waals surface area contributed by atoms with E-state index in [0.29, 0.717) is 19.0 Å². The standard InChI is InChI=1S/C17H26N2OS.ClH/c1-13-5-4-6-14(9-13)17(2,3)12-19-16(20)10-15-11-21-8-7-18-15;/h4-6,9,15,18H,7-8,10-12H2,1-3H3,(H,19,20);1H. The van der Waals surface area contributed by atoms with Gasteiger partial charge in [-0.15, -0.1) is 12.4 Å². The third-order valence-electron chi connectivity index (χ3n) is 3.96. The Hall–Kier alpha value is -0.710. The zero-order valence-electron chi connectivity index (χ0n) is 13.6. The van der Waals surface area contributed by atoms with E-state index in [4.69, 9.17) is 0 Å². The number of carbonyl (C=O) groups excluding carboxylic acids is 1. The molecule has 22 heavy (non-hydrogen) atoms. The molecule has 0 radical (unpaired) electrons. The average Bonchev–Trinajstić information content (AvgIpc) is 2.46. The van der Waals surface area contributed by atoms with Gasteiger partial charge in [0.1, 0.15) is 0 Å². The first-order valence-corrected chi connectivity index (χ1v) is 8.78. The second-order valence-corrected chi connectivity index (χ2v) is 7.61. The topological polar surface area (TPSA) is 41.1 Å². The van der Waals surface area contributed by atoms with E-state index < -0.39 is 0 Å². The molecule has 1 unspecified atom stereocenters. The zero-order chi connectivity index (χ0) is 15.3. The molecule has 1 amide bonds. The van der Waals surface area contributed by atoms with Gasteiger partial charge in [-0.25, -0.2) is 0 Å². The van der Waals surface area contributed by atoms with E-state index in [1.165, 1.54) is 11.1 Å². The molecular weight excluding hydrogens is 316 g/mol. The first-order valence-electron chi connectivity index (χ1n) is 7.62. The maximum absolute atomic E-state index is 12.1. The quantitative estimate of drug-likeness (QED) is 0.864. The molecule has 1 saturated heterocycles. The molecule has 1 aliphatic rings. The molecule has 2 N–H and O–H groups in total. The minimum Gasteiger partial charge on any atom is -0.355 e. The molecular formula is C17H27ClN2OS. The molecule has 1 aliphatic heterocycles. The molecule has 3 nitrogen and oxygen atoms in total. The highest BCUT2D eigenvalue weighted by atomic mass is 35.5. The smallest absolute Gasteiger partial charge is 0.221 e. The summed E-state index contributed by atoms with van der Waals surface area (Å²) < 4.78 is 0. The summed E-state index contributed by atoms with van der Waals surface area (Å²) in [6.45, 7) is 8.14. The first kappa shape index (κ1) is 19.3. The fourth-order valence-electron chi connectivity index (χ4n) is 2.53. The predicted molar refractivity (Wildman–Crippen MR) is 98.2 cm³/mol. The number of carbonyl (C=O) groups is 1. The zero-order valence-corrected chi connectivity index (χ0v) is 15.3. The molecule has 0 saturated carbocycles. The number of thioether (sulfide) groups is 1. The van der Waals surface area contributed by atoms with Crippen LogP contribution in [0, 0.1) is 6.92 Å². The van der Waals surface area contributed by atoms with Crippen LogP contribution in [0.25, 0.3) is 0 Å². The van der Waals surface area contributed by atoms with Crippen molar-refractivity contribution in [2.75, 3.05) is 24.6 Å². The fraction of sp³-hybridized carbons (Fsp3) is 0.588. The minimum absolute atomic E-state index is 0. The van der Waals surface area contributed by atoms with Crippen LogP contribution >= 0.6 is 24.2 Å². The Morgan fingerprint density at radius 1 is 1.45 bits per heavy atom. The lowest BCUT2D eigenvalue weighted by Crippen LogP contribution is -2.43. The number of rotatable bonds is 5. The van der Waals surface area contributed by atoms with E-state index >= 15 is 0 Å². The summed E-state index contributed by atoms with van der Waals surface area (Å²) >= 11 is 1.92. The molecule has 1 aromatic carbocycles. The lowest BCUT2D eigenvalue weighted by molar-refractivity contribution is -0.121.